The first-order valence-electron chi connectivity index (χ1n) is 14.2. The number of hydrogen-bond acceptors (Lipinski definition) is 8. The molecule has 1 aliphatic rings. The number of benzene rings is 3. The van der Waals surface area contributed by atoms with E-state index in [1.807, 2.05) is 13.8 Å². The molecule has 1 saturated heterocycles. The Morgan fingerprint density at radius 1 is 0.977 bits per heavy atom. The van der Waals surface area contributed by atoms with E-state index in [0.29, 0.717) is 69.8 Å². The van der Waals surface area contributed by atoms with Gasteiger partial charge in [0.25, 0.3) is 5.78 Å². The second kappa shape index (κ2) is 13.1. The molecular formula is C33H33ClN2O6S. The number of carbonyl (C=O) groups is 2. The standard InChI is InChI=1S/C33H33ClN2O6S/c1-5-40-23-11-7-20(8-12-23)30(37)28-29(21-9-14-25(26(17-21)41-6-2)42-16-15-19(3)4)36(32(39)31(28)38)33-35-24-13-10-22(34)18-27(24)43-33/h7-14,17-19,29,37H,5-6,15-16H2,1-4H3. The normalized spacial score (nSPS) is 16.3. The number of carbonyl (C=O) groups excluding carboxylic acids is 2. The van der Waals surface area contributed by atoms with E-state index >= 15 is 0 Å². The zero-order valence-electron chi connectivity index (χ0n) is 24.4. The molecule has 3 aromatic carbocycles. The maximum absolute atomic E-state index is 13.7. The maximum atomic E-state index is 13.7. The van der Waals surface area contributed by atoms with E-state index in [0.717, 1.165) is 11.1 Å². The molecule has 0 aliphatic carbocycles. The van der Waals surface area contributed by atoms with E-state index < -0.39 is 17.7 Å². The molecule has 1 fully saturated rings. The number of anilines is 1. The zero-order chi connectivity index (χ0) is 30.7. The van der Waals surface area contributed by atoms with Crippen LogP contribution in [0.25, 0.3) is 16.0 Å². The van der Waals surface area contributed by atoms with Gasteiger partial charge >= 0.3 is 5.91 Å². The Hall–Kier alpha value is -4.08. The van der Waals surface area contributed by atoms with E-state index in [1.54, 1.807) is 60.7 Å². The Bertz CT molecular complexity index is 1680. The lowest BCUT2D eigenvalue weighted by Crippen LogP contribution is -2.29. The molecule has 5 rings (SSSR count). The lowest BCUT2D eigenvalue weighted by Gasteiger charge is -2.24. The molecule has 0 bridgehead atoms. The Morgan fingerprint density at radius 2 is 1.72 bits per heavy atom. The van der Waals surface area contributed by atoms with Crippen LogP contribution in [0.2, 0.25) is 5.02 Å². The van der Waals surface area contributed by atoms with Crippen molar-refractivity contribution in [3.63, 3.8) is 0 Å². The number of rotatable bonds is 11. The highest BCUT2D eigenvalue weighted by atomic mass is 35.5. The molecule has 1 N–H and O–H groups in total. The number of hydrogen-bond donors (Lipinski definition) is 1. The average molecular weight is 621 g/mol. The van der Waals surface area contributed by atoms with Crippen LogP contribution in [0, 0.1) is 5.92 Å². The van der Waals surface area contributed by atoms with Crippen LogP contribution >= 0.6 is 22.9 Å². The Morgan fingerprint density at radius 3 is 2.42 bits per heavy atom. The van der Waals surface area contributed by atoms with Gasteiger partial charge in [0.15, 0.2) is 16.6 Å². The van der Waals surface area contributed by atoms with Crippen LogP contribution in [0.4, 0.5) is 5.13 Å². The lowest BCUT2D eigenvalue weighted by atomic mass is 9.95. The Labute approximate surface area is 259 Å². The fourth-order valence-electron chi connectivity index (χ4n) is 4.85. The minimum absolute atomic E-state index is 0.0534. The summed E-state index contributed by atoms with van der Waals surface area (Å²) in [4.78, 5) is 33.4. The van der Waals surface area contributed by atoms with Crippen LogP contribution in [0.5, 0.6) is 17.2 Å². The fourth-order valence-corrected chi connectivity index (χ4v) is 6.12. The van der Waals surface area contributed by atoms with Crippen molar-refractivity contribution in [1.29, 1.82) is 0 Å². The van der Waals surface area contributed by atoms with Crippen molar-refractivity contribution >= 4 is 55.7 Å². The van der Waals surface area contributed by atoms with Crippen molar-refractivity contribution in [2.45, 2.75) is 40.2 Å². The zero-order valence-corrected chi connectivity index (χ0v) is 26.0. The smallest absolute Gasteiger partial charge is 0.301 e. The third kappa shape index (κ3) is 6.33. The van der Waals surface area contributed by atoms with Gasteiger partial charge in [-0.05, 0) is 86.3 Å². The quantitative estimate of drug-likeness (QED) is 0.104. The van der Waals surface area contributed by atoms with Gasteiger partial charge in [0.2, 0.25) is 0 Å². The highest BCUT2D eigenvalue weighted by Crippen LogP contribution is 2.46. The monoisotopic (exact) mass is 620 g/mol. The SMILES string of the molecule is CCOc1ccc(C(O)=C2C(=O)C(=O)N(c3nc4ccc(Cl)cc4s3)C2c2ccc(OCCC(C)C)c(OCC)c2)cc1. The topological polar surface area (TPSA) is 98.2 Å². The second-order valence-corrected chi connectivity index (χ2v) is 11.9. The minimum Gasteiger partial charge on any atom is -0.507 e. The number of halogens is 1. The lowest BCUT2D eigenvalue weighted by molar-refractivity contribution is -0.132. The van der Waals surface area contributed by atoms with Crippen molar-refractivity contribution in [2.75, 3.05) is 24.7 Å². The van der Waals surface area contributed by atoms with Gasteiger partial charge in [-0.25, -0.2) is 4.98 Å². The molecule has 10 heteroatoms. The first-order valence-corrected chi connectivity index (χ1v) is 15.4. The highest BCUT2D eigenvalue weighted by Gasteiger charge is 2.48. The van der Waals surface area contributed by atoms with E-state index in [1.165, 1.54) is 16.2 Å². The summed E-state index contributed by atoms with van der Waals surface area (Å²) in [6.45, 7) is 9.38. The van der Waals surface area contributed by atoms with Crippen molar-refractivity contribution in [1.82, 2.24) is 4.98 Å². The molecule has 1 unspecified atom stereocenters. The summed E-state index contributed by atoms with van der Waals surface area (Å²) in [6, 6.07) is 16.3. The van der Waals surface area contributed by atoms with Crippen LogP contribution < -0.4 is 19.1 Å². The summed E-state index contributed by atoms with van der Waals surface area (Å²) in [5.41, 5.74) is 1.52. The summed E-state index contributed by atoms with van der Waals surface area (Å²) in [5.74, 6) is 0.227. The van der Waals surface area contributed by atoms with Gasteiger partial charge in [-0.2, -0.15) is 0 Å². The molecule has 1 atom stereocenters. The third-order valence-electron chi connectivity index (χ3n) is 6.96. The van der Waals surface area contributed by atoms with Crippen molar-refractivity contribution in [3.05, 3.63) is 82.4 Å². The van der Waals surface area contributed by atoms with Gasteiger partial charge in [0.05, 0.1) is 41.7 Å². The minimum atomic E-state index is -0.980. The molecule has 1 aromatic heterocycles. The average Bonchev–Trinajstić information content (AvgIpc) is 3.51. The summed E-state index contributed by atoms with van der Waals surface area (Å²) in [7, 11) is 0. The number of aliphatic hydroxyl groups excluding tert-OH is 1. The van der Waals surface area contributed by atoms with Gasteiger partial charge in [0, 0.05) is 10.6 Å². The van der Waals surface area contributed by atoms with Gasteiger partial charge < -0.3 is 19.3 Å². The largest absolute Gasteiger partial charge is 0.507 e. The molecule has 0 saturated carbocycles. The molecule has 4 aromatic rings. The predicted molar refractivity (Wildman–Crippen MR) is 170 cm³/mol. The molecular weight excluding hydrogens is 588 g/mol. The molecule has 2 heterocycles. The van der Waals surface area contributed by atoms with Crippen LogP contribution in [0.3, 0.4) is 0 Å². The molecule has 1 amide bonds. The Balaban J connectivity index is 1.65. The van der Waals surface area contributed by atoms with Crippen molar-refractivity contribution < 1.29 is 28.9 Å². The van der Waals surface area contributed by atoms with Crippen LogP contribution in [-0.2, 0) is 9.59 Å². The molecule has 224 valence electrons. The first-order chi connectivity index (χ1) is 20.7. The summed E-state index contributed by atoms with van der Waals surface area (Å²) >= 11 is 7.45. The maximum Gasteiger partial charge on any atom is 0.301 e. The number of aliphatic hydroxyl groups is 1. The number of aromatic nitrogens is 1. The molecule has 0 radical (unpaired) electrons. The van der Waals surface area contributed by atoms with Crippen molar-refractivity contribution in [2.24, 2.45) is 5.92 Å². The van der Waals surface area contributed by atoms with E-state index in [9.17, 15) is 14.7 Å². The van der Waals surface area contributed by atoms with E-state index in [2.05, 4.69) is 18.8 Å². The molecule has 1 aliphatic heterocycles. The summed E-state index contributed by atoms with van der Waals surface area (Å²) < 4.78 is 18.3. The number of ether oxygens (including phenoxy) is 3. The van der Waals surface area contributed by atoms with Crippen LogP contribution in [0.15, 0.2) is 66.2 Å². The summed E-state index contributed by atoms with van der Waals surface area (Å²) in [5, 5.41) is 12.4. The van der Waals surface area contributed by atoms with Crippen LogP contribution in [0.1, 0.15) is 51.3 Å². The number of fused-ring (bicyclic) bond motifs is 1. The number of nitrogens with zero attached hydrogens (tertiary/aromatic N) is 2. The van der Waals surface area contributed by atoms with E-state index in [-0.39, 0.29) is 11.3 Å². The van der Waals surface area contributed by atoms with E-state index in [4.69, 9.17) is 25.8 Å². The number of Topliss-reactive ketones (excluding diaryl/α,β-unsaturated/α-hetero) is 1. The molecule has 0 spiro atoms. The second-order valence-electron chi connectivity index (χ2n) is 10.4. The first kappa shape index (κ1) is 30.4. The molecule has 43 heavy (non-hydrogen) atoms. The highest BCUT2D eigenvalue weighted by molar-refractivity contribution is 7.22. The summed E-state index contributed by atoms with van der Waals surface area (Å²) in [6.07, 6.45) is 0.872. The van der Waals surface area contributed by atoms with Crippen molar-refractivity contribution in [3.8, 4) is 17.2 Å². The van der Waals surface area contributed by atoms with Crippen LogP contribution in [-0.4, -0.2) is 41.6 Å². The number of thiazole rings is 1. The molecule has 8 nitrogen and oxygen atoms in total. The Kier molecular flexibility index (Phi) is 9.22. The van der Waals surface area contributed by atoms with Gasteiger partial charge in [-0.1, -0.05) is 42.9 Å². The fraction of sp³-hybridized carbons (Fsp3) is 0.303. The van der Waals surface area contributed by atoms with Gasteiger partial charge in [-0.3, -0.25) is 14.5 Å². The van der Waals surface area contributed by atoms with Gasteiger partial charge in [-0.15, -0.1) is 0 Å². The number of amides is 1. The van der Waals surface area contributed by atoms with Gasteiger partial charge in [0.1, 0.15) is 11.5 Å². The predicted octanol–water partition coefficient (Wildman–Crippen LogP) is 7.80. The number of ketones is 1. The third-order valence-corrected chi connectivity index (χ3v) is 8.22.